The highest BCUT2D eigenvalue weighted by Gasteiger charge is 2.37. The Morgan fingerprint density at radius 2 is 1.57 bits per heavy atom. The van der Waals surface area contributed by atoms with Crippen LogP contribution >= 0.6 is 23.1 Å². The fourth-order valence-corrected chi connectivity index (χ4v) is 8.56. The molecule has 6 rings (SSSR count). The summed E-state index contributed by atoms with van der Waals surface area (Å²) in [6.07, 6.45) is 1.31. The maximum atomic E-state index is 13.6. The number of anilines is 1. The molecular weight excluding hydrogens is 659 g/mol. The lowest BCUT2D eigenvalue weighted by atomic mass is 9.84. The number of carbonyl (C=O) groups is 2. The van der Waals surface area contributed by atoms with Gasteiger partial charge in [0.2, 0.25) is 5.88 Å². The molecule has 0 aliphatic carbocycles. The van der Waals surface area contributed by atoms with Gasteiger partial charge in [-0.05, 0) is 46.9 Å². The molecule has 10 nitrogen and oxygen atoms in total. The number of carboxylic acids is 1. The molecule has 3 heterocycles. The largest absolute Gasteiger partial charge is 0.480 e. The number of hydrogen-bond acceptors (Lipinski definition) is 10. The minimum absolute atomic E-state index is 0.00589. The summed E-state index contributed by atoms with van der Waals surface area (Å²) in [4.78, 5) is 31.3. The van der Waals surface area contributed by atoms with Gasteiger partial charge in [-0.1, -0.05) is 102 Å². The van der Waals surface area contributed by atoms with E-state index in [4.69, 9.17) is 9.47 Å². The molecule has 0 spiro atoms. The number of aromatic nitrogens is 3. The quantitative estimate of drug-likeness (QED) is 0.129. The van der Waals surface area contributed by atoms with Gasteiger partial charge in [0.05, 0.1) is 18.0 Å². The highest BCUT2D eigenvalue weighted by atomic mass is 32.2. The molecule has 1 amide bonds. The maximum absolute atomic E-state index is 13.6. The second-order valence-corrected chi connectivity index (χ2v) is 13.8. The lowest BCUT2D eigenvalue weighted by Crippen LogP contribution is -2.31. The third-order valence-corrected chi connectivity index (χ3v) is 11.0. The number of ether oxygens (including phenoxy) is 2. The normalized spacial score (nSPS) is 14.5. The molecule has 2 aromatic heterocycles. The van der Waals surface area contributed by atoms with Crippen LogP contribution in [-0.4, -0.2) is 82.8 Å². The number of hydrogen-bond donors (Lipinski definition) is 2. The van der Waals surface area contributed by atoms with Crippen LogP contribution in [0.2, 0.25) is 0 Å². The number of benzene rings is 3. The minimum Gasteiger partial charge on any atom is -0.480 e. The molecule has 1 aliphatic heterocycles. The Morgan fingerprint density at radius 3 is 2.10 bits per heavy atom. The fraction of sp³-hybridized carbons (Fsp3) is 0.270. The first-order valence-corrected chi connectivity index (χ1v) is 17.7. The summed E-state index contributed by atoms with van der Waals surface area (Å²) in [6.45, 7) is 0.793. The Balaban J connectivity index is 1.39. The van der Waals surface area contributed by atoms with E-state index in [0.717, 1.165) is 28.7 Å². The van der Waals surface area contributed by atoms with E-state index >= 15 is 0 Å². The highest BCUT2D eigenvalue weighted by molar-refractivity contribution is 8.00. The maximum Gasteiger partial charge on any atom is 0.322 e. The predicted molar refractivity (Wildman–Crippen MR) is 193 cm³/mol. The summed E-state index contributed by atoms with van der Waals surface area (Å²) >= 11 is 3.05. The van der Waals surface area contributed by atoms with Crippen LogP contribution in [0, 0.1) is 0 Å². The van der Waals surface area contributed by atoms with Crippen LogP contribution in [0.1, 0.15) is 39.2 Å². The SMILES string of the molecule is COc1nc(-c2nnc(C(=O)N3CCC(OC)C3)cc2CCSC(c2ccccc2)(c2ccccc2)c2ccccc2)sc1NCC(=O)O. The van der Waals surface area contributed by atoms with Crippen molar-refractivity contribution in [1.82, 2.24) is 20.1 Å². The number of likely N-dealkylation sites (tertiary alicyclic amines) is 1. The van der Waals surface area contributed by atoms with Crippen LogP contribution in [0.4, 0.5) is 5.00 Å². The molecule has 0 radical (unpaired) electrons. The number of thioether (sulfide) groups is 1. The molecule has 1 fully saturated rings. The van der Waals surface area contributed by atoms with Gasteiger partial charge < -0.3 is 24.8 Å². The number of aryl methyl sites for hydroxylation is 1. The number of carboxylic acid groups (broad SMARTS) is 1. The standard InChI is InChI=1S/C37H37N5O5S2/c1-46-29-18-20-42(24-29)36(45)30-22-25(32(41-40-30)34-39-33(47-2)35(49-34)38-23-31(43)44)19-21-48-37(26-12-6-3-7-13-26,27-14-8-4-9-15-27)28-16-10-5-11-17-28/h3-17,22,29,38H,18-21,23-24H2,1-2H3,(H,43,44). The highest BCUT2D eigenvalue weighted by Crippen LogP contribution is 2.49. The fourth-order valence-electron chi connectivity index (χ4n) is 6.07. The summed E-state index contributed by atoms with van der Waals surface area (Å²) in [6, 6.07) is 33.3. The molecule has 0 saturated carbocycles. The summed E-state index contributed by atoms with van der Waals surface area (Å²) in [5.74, 6) is -0.274. The molecule has 1 atom stereocenters. The van der Waals surface area contributed by atoms with Crippen LogP contribution in [-0.2, 0) is 20.7 Å². The van der Waals surface area contributed by atoms with Gasteiger partial charge >= 0.3 is 5.97 Å². The lowest BCUT2D eigenvalue weighted by Gasteiger charge is -2.35. The third kappa shape index (κ3) is 7.46. The number of rotatable bonds is 14. The van der Waals surface area contributed by atoms with Gasteiger partial charge in [0.25, 0.3) is 5.91 Å². The Hall–Kier alpha value is -4.78. The first-order valence-electron chi connectivity index (χ1n) is 15.9. The van der Waals surface area contributed by atoms with E-state index in [0.29, 0.717) is 41.0 Å². The van der Waals surface area contributed by atoms with Crippen LogP contribution in [0.3, 0.4) is 0 Å². The van der Waals surface area contributed by atoms with Gasteiger partial charge in [0, 0.05) is 20.2 Å². The van der Waals surface area contributed by atoms with Crippen LogP contribution in [0.5, 0.6) is 5.88 Å². The van der Waals surface area contributed by atoms with E-state index < -0.39 is 10.7 Å². The zero-order valence-corrected chi connectivity index (χ0v) is 28.9. The molecule has 12 heteroatoms. The number of methoxy groups -OCH3 is 2. The minimum atomic E-state index is -1.01. The van der Waals surface area contributed by atoms with Gasteiger partial charge in [-0.25, -0.2) is 0 Å². The first kappa shape index (κ1) is 34.1. The van der Waals surface area contributed by atoms with E-state index in [-0.39, 0.29) is 30.1 Å². The van der Waals surface area contributed by atoms with Crippen molar-refractivity contribution in [2.45, 2.75) is 23.7 Å². The molecule has 2 N–H and O–H groups in total. The average molecular weight is 696 g/mol. The van der Waals surface area contributed by atoms with Crippen molar-refractivity contribution in [1.29, 1.82) is 0 Å². The van der Waals surface area contributed by atoms with E-state index in [1.807, 2.05) is 36.0 Å². The zero-order chi connectivity index (χ0) is 34.2. The molecule has 5 aromatic rings. The zero-order valence-electron chi connectivity index (χ0n) is 27.2. The number of carbonyl (C=O) groups excluding carboxylic acids is 1. The molecule has 1 unspecified atom stereocenters. The molecule has 1 saturated heterocycles. The number of thiazole rings is 1. The molecular formula is C37H37N5O5S2. The Labute approximate surface area is 293 Å². The second kappa shape index (κ2) is 15.6. The Kier molecular flexibility index (Phi) is 10.9. The first-order chi connectivity index (χ1) is 23.9. The number of aliphatic carboxylic acids is 1. The van der Waals surface area contributed by atoms with Crippen molar-refractivity contribution in [3.8, 4) is 16.6 Å². The topological polar surface area (TPSA) is 127 Å². The molecule has 1 aliphatic rings. The van der Waals surface area contributed by atoms with Gasteiger partial charge in [-0.2, -0.15) is 4.98 Å². The van der Waals surface area contributed by atoms with Crippen LogP contribution in [0.25, 0.3) is 10.7 Å². The summed E-state index contributed by atoms with van der Waals surface area (Å²) in [5.41, 5.74) is 5.04. The third-order valence-electron chi connectivity index (χ3n) is 8.48. The second-order valence-electron chi connectivity index (χ2n) is 11.5. The summed E-state index contributed by atoms with van der Waals surface area (Å²) in [5, 5.41) is 22.0. The van der Waals surface area contributed by atoms with E-state index in [1.54, 1.807) is 12.0 Å². The Bertz CT molecular complexity index is 1780. The van der Waals surface area contributed by atoms with E-state index in [9.17, 15) is 14.7 Å². The lowest BCUT2D eigenvalue weighted by molar-refractivity contribution is -0.134. The molecule has 252 valence electrons. The number of nitrogens with zero attached hydrogens (tertiary/aromatic N) is 4. The van der Waals surface area contributed by atoms with Gasteiger partial charge in [0.15, 0.2) is 10.7 Å². The van der Waals surface area contributed by atoms with Gasteiger partial charge in [-0.3, -0.25) is 9.59 Å². The monoisotopic (exact) mass is 695 g/mol. The van der Waals surface area contributed by atoms with Crippen molar-refractivity contribution < 1.29 is 24.2 Å². The van der Waals surface area contributed by atoms with Crippen molar-refractivity contribution in [3.05, 3.63) is 125 Å². The summed E-state index contributed by atoms with van der Waals surface area (Å²) < 4.78 is 10.4. The van der Waals surface area contributed by atoms with Gasteiger partial charge in [0.1, 0.15) is 17.2 Å². The van der Waals surface area contributed by atoms with Crippen LogP contribution in [0.15, 0.2) is 97.1 Å². The predicted octanol–water partition coefficient (Wildman–Crippen LogP) is 6.23. The molecule has 3 aromatic carbocycles. The number of amides is 1. The Morgan fingerprint density at radius 1 is 0.959 bits per heavy atom. The van der Waals surface area contributed by atoms with Gasteiger partial charge in [-0.15, -0.1) is 22.0 Å². The molecule has 0 bridgehead atoms. The van der Waals surface area contributed by atoms with Crippen molar-refractivity contribution in [3.63, 3.8) is 0 Å². The number of nitrogens with one attached hydrogen (secondary N) is 1. The van der Waals surface area contributed by atoms with Crippen molar-refractivity contribution in [2.24, 2.45) is 0 Å². The van der Waals surface area contributed by atoms with E-state index in [2.05, 4.69) is 93.3 Å². The smallest absolute Gasteiger partial charge is 0.322 e. The average Bonchev–Trinajstić information content (AvgIpc) is 3.81. The summed E-state index contributed by atoms with van der Waals surface area (Å²) in [7, 11) is 3.14. The van der Waals surface area contributed by atoms with E-state index in [1.165, 1.54) is 18.4 Å². The van der Waals surface area contributed by atoms with Crippen LogP contribution < -0.4 is 10.1 Å². The van der Waals surface area contributed by atoms with Crippen molar-refractivity contribution >= 4 is 40.0 Å². The van der Waals surface area contributed by atoms with Crippen molar-refractivity contribution in [2.75, 3.05) is 44.9 Å². The molecule has 49 heavy (non-hydrogen) atoms.